The van der Waals surface area contributed by atoms with Gasteiger partial charge < -0.3 is 15.4 Å². The number of pyridine rings is 1. The number of hydrogen-bond acceptors (Lipinski definition) is 6. The predicted octanol–water partition coefficient (Wildman–Crippen LogP) is 2.26. The molecule has 19 heavy (non-hydrogen) atoms. The van der Waals surface area contributed by atoms with Gasteiger partial charge in [-0.15, -0.1) is 0 Å². The second-order valence-electron chi connectivity index (χ2n) is 4.79. The second kappa shape index (κ2) is 6.33. The SMILES string of the molecule is CCNc1ccc([N+](=O)[O-])c(NC(C)(C)COC)n1. The first-order chi connectivity index (χ1) is 8.89. The summed E-state index contributed by atoms with van der Waals surface area (Å²) in [5.74, 6) is 0.842. The van der Waals surface area contributed by atoms with E-state index in [1.165, 1.54) is 6.07 Å². The molecule has 1 heterocycles. The van der Waals surface area contributed by atoms with Gasteiger partial charge in [0.2, 0.25) is 5.82 Å². The molecule has 0 spiro atoms. The lowest BCUT2D eigenvalue weighted by Crippen LogP contribution is -2.36. The maximum atomic E-state index is 11.0. The van der Waals surface area contributed by atoms with Gasteiger partial charge >= 0.3 is 5.69 Å². The van der Waals surface area contributed by atoms with E-state index in [0.29, 0.717) is 19.0 Å². The zero-order valence-electron chi connectivity index (χ0n) is 11.7. The number of rotatable bonds is 7. The van der Waals surface area contributed by atoms with Gasteiger partial charge in [-0.2, -0.15) is 0 Å². The molecule has 0 aliphatic carbocycles. The monoisotopic (exact) mass is 268 g/mol. The maximum Gasteiger partial charge on any atom is 0.311 e. The first kappa shape index (κ1) is 15.2. The first-order valence-electron chi connectivity index (χ1n) is 6.06. The number of nitro groups is 1. The Morgan fingerprint density at radius 1 is 1.47 bits per heavy atom. The van der Waals surface area contributed by atoms with Gasteiger partial charge in [-0.05, 0) is 26.8 Å². The lowest BCUT2D eigenvalue weighted by Gasteiger charge is -2.25. The molecule has 2 N–H and O–H groups in total. The molecular formula is C12H20N4O3. The minimum Gasteiger partial charge on any atom is -0.382 e. The lowest BCUT2D eigenvalue weighted by molar-refractivity contribution is -0.384. The standard InChI is InChI=1S/C12H20N4O3/c1-5-13-10-7-6-9(16(17)18)11(14-10)15-12(2,3)8-19-4/h6-7H,5,8H2,1-4H3,(H2,13,14,15). The van der Waals surface area contributed by atoms with Crippen molar-refractivity contribution < 1.29 is 9.66 Å². The van der Waals surface area contributed by atoms with Gasteiger partial charge in [0.15, 0.2) is 0 Å². The number of nitrogens with zero attached hydrogens (tertiary/aromatic N) is 2. The third-order valence-corrected chi connectivity index (χ3v) is 2.39. The van der Waals surface area contributed by atoms with Gasteiger partial charge in [-0.3, -0.25) is 10.1 Å². The summed E-state index contributed by atoms with van der Waals surface area (Å²) in [6, 6.07) is 3.03. The normalized spacial score (nSPS) is 11.2. The molecule has 7 heteroatoms. The Labute approximate surface area is 112 Å². The van der Waals surface area contributed by atoms with Crippen molar-refractivity contribution in [1.82, 2.24) is 4.98 Å². The molecule has 0 unspecified atom stereocenters. The van der Waals surface area contributed by atoms with Crippen molar-refractivity contribution in [3.05, 3.63) is 22.2 Å². The average molecular weight is 268 g/mol. The van der Waals surface area contributed by atoms with Crippen molar-refractivity contribution in [2.24, 2.45) is 0 Å². The topological polar surface area (TPSA) is 89.3 Å². The Morgan fingerprint density at radius 3 is 2.68 bits per heavy atom. The fraction of sp³-hybridized carbons (Fsp3) is 0.583. The summed E-state index contributed by atoms with van der Waals surface area (Å²) in [5.41, 5.74) is -0.497. The van der Waals surface area contributed by atoms with Gasteiger partial charge in [0.25, 0.3) is 0 Å². The number of aromatic nitrogens is 1. The highest BCUT2D eigenvalue weighted by atomic mass is 16.6. The summed E-state index contributed by atoms with van der Waals surface area (Å²) < 4.78 is 5.08. The van der Waals surface area contributed by atoms with Crippen LogP contribution in [0.3, 0.4) is 0 Å². The van der Waals surface area contributed by atoms with Crippen LogP contribution >= 0.6 is 0 Å². The number of hydrogen-bond donors (Lipinski definition) is 2. The molecular weight excluding hydrogens is 248 g/mol. The van der Waals surface area contributed by atoms with Crippen LogP contribution in [-0.2, 0) is 4.74 Å². The van der Waals surface area contributed by atoms with E-state index < -0.39 is 10.5 Å². The summed E-state index contributed by atoms with van der Waals surface area (Å²) in [4.78, 5) is 14.8. The molecule has 0 aliphatic heterocycles. The molecule has 7 nitrogen and oxygen atoms in total. The van der Waals surface area contributed by atoms with E-state index >= 15 is 0 Å². The van der Waals surface area contributed by atoms with Crippen LogP contribution in [0.4, 0.5) is 17.3 Å². The van der Waals surface area contributed by atoms with E-state index in [1.807, 2.05) is 20.8 Å². The second-order valence-corrected chi connectivity index (χ2v) is 4.79. The van der Waals surface area contributed by atoms with E-state index in [9.17, 15) is 10.1 Å². The first-order valence-corrected chi connectivity index (χ1v) is 6.06. The molecule has 0 bridgehead atoms. The Morgan fingerprint density at radius 2 is 2.16 bits per heavy atom. The molecule has 0 saturated carbocycles. The minimum absolute atomic E-state index is 0.0502. The fourth-order valence-corrected chi connectivity index (χ4v) is 1.69. The van der Waals surface area contributed by atoms with E-state index in [2.05, 4.69) is 15.6 Å². The van der Waals surface area contributed by atoms with E-state index in [-0.39, 0.29) is 11.5 Å². The summed E-state index contributed by atoms with van der Waals surface area (Å²) in [7, 11) is 1.58. The maximum absolute atomic E-state index is 11.0. The molecule has 0 aromatic carbocycles. The summed E-state index contributed by atoms with van der Waals surface area (Å²) in [5, 5.41) is 17.1. The van der Waals surface area contributed by atoms with Gasteiger partial charge in [-0.1, -0.05) is 0 Å². The van der Waals surface area contributed by atoms with Crippen molar-refractivity contribution >= 4 is 17.3 Å². The van der Waals surface area contributed by atoms with Crippen molar-refractivity contribution in [3.8, 4) is 0 Å². The Hall–Kier alpha value is -1.89. The predicted molar refractivity (Wildman–Crippen MR) is 74.6 cm³/mol. The van der Waals surface area contributed by atoms with Gasteiger partial charge in [0, 0.05) is 19.7 Å². The number of ether oxygens (including phenoxy) is 1. The smallest absolute Gasteiger partial charge is 0.311 e. The van der Waals surface area contributed by atoms with Gasteiger partial charge in [-0.25, -0.2) is 4.98 Å². The molecule has 0 aliphatic rings. The summed E-state index contributed by atoms with van der Waals surface area (Å²) in [6.07, 6.45) is 0. The Balaban J connectivity index is 3.07. The Kier molecular flexibility index (Phi) is 5.05. The minimum atomic E-state index is -0.450. The number of nitrogens with one attached hydrogen (secondary N) is 2. The molecule has 0 radical (unpaired) electrons. The Bertz CT molecular complexity index is 449. The van der Waals surface area contributed by atoms with Crippen molar-refractivity contribution in [2.75, 3.05) is 30.9 Å². The average Bonchev–Trinajstić information content (AvgIpc) is 2.28. The highest BCUT2D eigenvalue weighted by Crippen LogP contribution is 2.26. The zero-order valence-corrected chi connectivity index (χ0v) is 11.7. The molecule has 1 rings (SSSR count). The van der Waals surface area contributed by atoms with E-state index in [4.69, 9.17) is 4.74 Å². The third-order valence-electron chi connectivity index (χ3n) is 2.39. The van der Waals surface area contributed by atoms with Crippen LogP contribution in [0.2, 0.25) is 0 Å². The quantitative estimate of drug-likeness (QED) is 0.582. The zero-order chi connectivity index (χ0) is 14.5. The highest BCUT2D eigenvalue weighted by molar-refractivity contribution is 5.61. The summed E-state index contributed by atoms with van der Waals surface area (Å²) >= 11 is 0. The summed E-state index contributed by atoms with van der Waals surface area (Å²) in [6.45, 7) is 6.83. The third kappa shape index (κ3) is 4.36. The van der Waals surface area contributed by atoms with Crippen LogP contribution in [0.25, 0.3) is 0 Å². The molecule has 0 amide bonds. The highest BCUT2D eigenvalue weighted by Gasteiger charge is 2.24. The van der Waals surface area contributed by atoms with Crippen molar-refractivity contribution in [2.45, 2.75) is 26.3 Å². The molecule has 0 saturated heterocycles. The van der Waals surface area contributed by atoms with Crippen LogP contribution in [-0.4, -0.2) is 35.7 Å². The largest absolute Gasteiger partial charge is 0.382 e. The van der Waals surface area contributed by atoms with E-state index in [1.54, 1.807) is 13.2 Å². The van der Waals surface area contributed by atoms with E-state index in [0.717, 1.165) is 0 Å². The lowest BCUT2D eigenvalue weighted by atomic mass is 10.1. The van der Waals surface area contributed by atoms with Crippen LogP contribution in [0.1, 0.15) is 20.8 Å². The number of anilines is 2. The van der Waals surface area contributed by atoms with Gasteiger partial charge in [0.1, 0.15) is 5.82 Å². The fourth-order valence-electron chi connectivity index (χ4n) is 1.69. The molecule has 0 fully saturated rings. The van der Waals surface area contributed by atoms with Crippen LogP contribution < -0.4 is 10.6 Å². The van der Waals surface area contributed by atoms with Gasteiger partial charge in [0.05, 0.1) is 17.1 Å². The van der Waals surface area contributed by atoms with Crippen molar-refractivity contribution in [1.29, 1.82) is 0 Å². The molecule has 106 valence electrons. The number of methoxy groups -OCH3 is 1. The van der Waals surface area contributed by atoms with Crippen molar-refractivity contribution in [3.63, 3.8) is 0 Å². The molecule has 0 atom stereocenters. The van der Waals surface area contributed by atoms with Crippen LogP contribution in [0.5, 0.6) is 0 Å². The molecule has 1 aromatic heterocycles. The van der Waals surface area contributed by atoms with Crippen LogP contribution in [0.15, 0.2) is 12.1 Å². The molecule has 1 aromatic rings. The van der Waals surface area contributed by atoms with Crippen LogP contribution in [0, 0.1) is 10.1 Å².